The van der Waals surface area contributed by atoms with Crippen molar-refractivity contribution in [3.05, 3.63) is 11.9 Å². The van der Waals surface area contributed by atoms with Gasteiger partial charge in [-0.2, -0.15) is 0 Å². The van der Waals surface area contributed by atoms with Gasteiger partial charge in [0.2, 0.25) is 5.95 Å². The highest BCUT2D eigenvalue weighted by molar-refractivity contribution is 5.28. The van der Waals surface area contributed by atoms with Crippen molar-refractivity contribution in [2.24, 2.45) is 13.0 Å². The molecule has 1 N–H and O–H groups in total. The van der Waals surface area contributed by atoms with Gasteiger partial charge in [0.15, 0.2) is 0 Å². The van der Waals surface area contributed by atoms with Crippen LogP contribution in [0.5, 0.6) is 0 Å². The Morgan fingerprint density at radius 3 is 3.14 bits per heavy atom. The molecule has 1 unspecified atom stereocenters. The van der Waals surface area contributed by atoms with E-state index in [0.29, 0.717) is 5.92 Å². The SMILES string of the molecule is Cc1cn(C)c(NCC2CCOC2)n1. The van der Waals surface area contributed by atoms with Crippen molar-refractivity contribution in [1.29, 1.82) is 0 Å². The predicted octanol–water partition coefficient (Wildman–Crippen LogP) is 1.18. The van der Waals surface area contributed by atoms with Gasteiger partial charge in [-0.15, -0.1) is 0 Å². The number of aryl methyl sites for hydroxylation is 2. The maximum atomic E-state index is 5.31. The number of aromatic nitrogens is 2. The molecule has 0 radical (unpaired) electrons. The summed E-state index contributed by atoms with van der Waals surface area (Å²) in [4.78, 5) is 4.38. The number of anilines is 1. The molecule has 0 bridgehead atoms. The van der Waals surface area contributed by atoms with E-state index >= 15 is 0 Å². The second-order valence-corrected chi connectivity index (χ2v) is 3.93. The number of rotatable bonds is 3. The molecule has 0 spiro atoms. The topological polar surface area (TPSA) is 39.1 Å². The zero-order valence-corrected chi connectivity index (χ0v) is 8.79. The summed E-state index contributed by atoms with van der Waals surface area (Å²) in [7, 11) is 2.01. The Balaban J connectivity index is 1.87. The van der Waals surface area contributed by atoms with Gasteiger partial charge < -0.3 is 14.6 Å². The summed E-state index contributed by atoms with van der Waals surface area (Å²) in [5.74, 6) is 1.60. The molecule has 0 amide bonds. The normalized spacial score (nSPS) is 21.4. The van der Waals surface area contributed by atoms with Crippen LogP contribution in [0, 0.1) is 12.8 Å². The Morgan fingerprint density at radius 2 is 2.57 bits per heavy atom. The Kier molecular flexibility index (Phi) is 2.72. The smallest absolute Gasteiger partial charge is 0.202 e. The molecule has 1 aromatic heterocycles. The van der Waals surface area contributed by atoms with E-state index in [9.17, 15) is 0 Å². The Hall–Kier alpha value is -1.03. The first kappa shape index (κ1) is 9.52. The average molecular weight is 195 g/mol. The standard InChI is InChI=1S/C10H17N3O/c1-8-6-13(2)10(12-8)11-5-9-3-4-14-7-9/h6,9H,3-5,7H2,1-2H3,(H,11,12). The number of hydrogen-bond donors (Lipinski definition) is 1. The van der Waals surface area contributed by atoms with Crippen LogP contribution in [0.15, 0.2) is 6.20 Å². The Labute approximate surface area is 84.3 Å². The molecule has 2 heterocycles. The summed E-state index contributed by atoms with van der Waals surface area (Å²) >= 11 is 0. The number of ether oxygens (including phenoxy) is 1. The lowest BCUT2D eigenvalue weighted by atomic mass is 10.1. The van der Waals surface area contributed by atoms with Crippen LogP contribution in [0.4, 0.5) is 5.95 Å². The number of nitrogens with one attached hydrogen (secondary N) is 1. The van der Waals surface area contributed by atoms with E-state index in [1.54, 1.807) is 0 Å². The lowest BCUT2D eigenvalue weighted by molar-refractivity contribution is 0.187. The first-order valence-electron chi connectivity index (χ1n) is 5.07. The van der Waals surface area contributed by atoms with Crippen LogP contribution in [0.1, 0.15) is 12.1 Å². The largest absolute Gasteiger partial charge is 0.381 e. The van der Waals surface area contributed by atoms with Crippen LogP contribution in [-0.2, 0) is 11.8 Å². The molecule has 1 fully saturated rings. The summed E-state index contributed by atoms with van der Waals surface area (Å²) in [6.07, 6.45) is 3.18. The number of hydrogen-bond acceptors (Lipinski definition) is 3. The van der Waals surface area contributed by atoms with Gasteiger partial charge in [-0.3, -0.25) is 0 Å². The van der Waals surface area contributed by atoms with Crippen LogP contribution in [-0.4, -0.2) is 29.3 Å². The molecule has 1 aliphatic heterocycles. The molecule has 0 saturated carbocycles. The fourth-order valence-corrected chi connectivity index (χ4v) is 1.76. The van der Waals surface area contributed by atoms with Crippen molar-refractivity contribution in [2.75, 3.05) is 25.1 Å². The van der Waals surface area contributed by atoms with Gasteiger partial charge in [-0.25, -0.2) is 4.98 Å². The van der Waals surface area contributed by atoms with Crippen LogP contribution < -0.4 is 5.32 Å². The molecule has 14 heavy (non-hydrogen) atoms. The summed E-state index contributed by atoms with van der Waals surface area (Å²) in [5, 5.41) is 3.35. The third-order valence-corrected chi connectivity index (χ3v) is 2.57. The quantitative estimate of drug-likeness (QED) is 0.787. The summed E-state index contributed by atoms with van der Waals surface area (Å²) < 4.78 is 7.33. The average Bonchev–Trinajstić information content (AvgIpc) is 2.72. The first-order chi connectivity index (χ1) is 6.75. The summed E-state index contributed by atoms with van der Waals surface area (Å²) in [6.45, 7) is 4.76. The van der Waals surface area contributed by atoms with Gasteiger partial charge in [0.1, 0.15) is 0 Å². The highest BCUT2D eigenvalue weighted by Crippen LogP contribution is 2.13. The van der Waals surface area contributed by atoms with Gasteiger partial charge >= 0.3 is 0 Å². The molecular weight excluding hydrogens is 178 g/mol. The molecule has 1 aliphatic rings. The third kappa shape index (κ3) is 2.07. The molecule has 4 nitrogen and oxygen atoms in total. The van der Waals surface area contributed by atoms with Crippen molar-refractivity contribution in [3.8, 4) is 0 Å². The van der Waals surface area contributed by atoms with Crippen LogP contribution >= 0.6 is 0 Å². The molecule has 78 valence electrons. The highest BCUT2D eigenvalue weighted by Gasteiger charge is 2.15. The maximum absolute atomic E-state index is 5.31. The van der Waals surface area contributed by atoms with E-state index in [2.05, 4.69) is 10.3 Å². The van der Waals surface area contributed by atoms with Crippen LogP contribution in [0.3, 0.4) is 0 Å². The van der Waals surface area contributed by atoms with Crippen molar-refractivity contribution in [2.45, 2.75) is 13.3 Å². The molecule has 1 aromatic rings. The van der Waals surface area contributed by atoms with E-state index in [1.165, 1.54) is 0 Å². The van der Waals surface area contributed by atoms with Gasteiger partial charge in [-0.05, 0) is 13.3 Å². The molecule has 2 rings (SSSR count). The van der Waals surface area contributed by atoms with E-state index in [0.717, 1.165) is 37.8 Å². The van der Waals surface area contributed by atoms with Gasteiger partial charge in [-0.1, -0.05) is 0 Å². The van der Waals surface area contributed by atoms with Crippen LogP contribution in [0.2, 0.25) is 0 Å². The van der Waals surface area contributed by atoms with Crippen molar-refractivity contribution in [1.82, 2.24) is 9.55 Å². The van der Waals surface area contributed by atoms with Gasteiger partial charge in [0, 0.05) is 32.3 Å². The minimum atomic E-state index is 0.645. The fraction of sp³-hybridized carbons (Fsp3) is 0.700. The molecule has 1 atom stereocenters. The van der Waals surface area contributed by atoms with E-state index in [1.807, 2.05) is 24.7 Å². The molecular formula is C10H17N3O. The minimum absolute atomic E-state index is 0.645. The van der Waals surface area contributed by atoms with Crippen molar-refractivity contribution < 1.29 is 4.74 Å². The lowest BCUT2D eigenvalue weighted by Gasteiger charge is -2.09. The maximum Gasteiger partial charge on any atom is 0.202 e. The summed E-state index contributed by atoms with van der Waals surface area (Å²) in [5.41, 5.74) is 1.05. The highest BCUT2D eigenvalue weighted by atomic mass is 16.5. The number of nitrogens with zero attached hydrogens (tertiary/aromatic N) is 2. The van der Waals surface area contributed by atoms with Gasteiger partial charge in [0.25, 0.3) is 0 Å². The second kappa shape index (κ2) is 4.00. The molecule has 4 heteroatoms. The predicted molar refractivity (Wildman–Crippen MR) is 55.4 cm³/mol. The van der Waals surface area contributed by atoms with Crippen molar-refractivity contribution in [3.63, 3.8) is 0 Å². The zero-order chi connectivity index (χ0) is 9.97. The molecule has 0 aromatic carbocycles. The summed E-state index contributed by atoms with van der Waals surface area (Å²) in [6, 6.07) is 0. The van der Waals surface area contributed by atoms with Crippen molar-refractivity contribution >= 4 is 5.95 Å². The van der Waals surface area contributed by atoms with E-state index in [-0.39, 0.29) is 0 Å². The minimum Gasteiger partial charge on any atom is -0.381 e. The fourth-order valence-electron chi connectivity index (χ4n) is 1.76. The van der Waals surface area contributed by atoms with E-state index < -0.39 is 0 Å². The second-order valence-electron chi connectivity index (χ2n) is 3.93. The molecule has 1 saturated heterocycles. The van der Waals surface area contributed by atoms with Gasteiger partial charge in [0.05, 0.1) is 12.3 Å². The molecule has 0 aliphatic carbocycles. The lowest BCUT2D eigenvalue weighted by Crippen LogP contribution is -2.16. The van der Waals surface area contributed by atoms with E-state index in [4.69, 9.17) is 4.74 Å². The van der Waals surface area contributed by atoms with Crippen LogP contribution in [0.25, 0.3) is 0 Å². The third-order valence-electron chi connectivity index (χ3n) is 2.57. The first-order valence-corrected chi connectivity index (χ1v) is 5.07. The number of imidazole rings is 1. The zero-order valence-electron chi connectivity index (χ0n) is 8.79. The Bertz CT molecular complexity index is 302. The Morgan fingerprint density at radius 1 is 1.71 bits per heavy atom. The monoisotopic (exact) mass is 195 g/mol.